The van der Waals surface area contributed by atoms with Crippen molar-refractivity contribution in [3.8, 4) is 0 Å². The first kappa shape index (κ1) is 15.0. The van der Waals surface area contributed by atoms with Gasteiger partial charge in [0.2, 0.25) is 5.91 Å². The van der Waals surface area contributed by atoms with Gasteiger partial charge in [0, 0.05) is 13.6 Å². The van der Waals surface area contributed by atoms with Gasteiger partial charge in [0.1, 0.15) is 11.7 Å². The van der Waals surface area contributed by atoms with Crippen molar-refractivity contribution in [2.24, 2.45) is 5.92 Å². The molecule has 0 aromatic carbocycles. The molecule has 1 aliphatic carbocycles. The molecular formula is C13H19BrN4O2. The zero-order valence-corrected chi connectivity index (χ0v) is 13.2. The Morgan fingerprint density at radius 2 is 2.30 bits per heavy atom. The van der Waals surface area contributed by atoms with E-state index >= 15 is 0 Å². The number of anilines is 1. The Hall–Kier alpha value is -1.37. The van der Waals surface area contributed by atoms with Crippen molar-refractivity contribution < 1.29 is 4.79 Å². The molecule has 1 fully saturated rings. The normalized spacial score (nSPS) is 16.4. The molecular weight excluding hydrogens is 324 g/mol. The van der Waals surface area contributed by atoms with Crippen molar-refractivity contribution in [1.82, 2.24) is 15.1 Å². The summed E-state index contributed by atoms with van der Waals surface area (Å²) >= 11 is 3.31. The van der Waals surface area contributed by atoms with E-state index in [2.05, 4.69) is 31.7 Å². The molecule has 0 bridgehead atoms. The minimum Gasteiger partial charge on any atom is -0.368 e. The lowest BCUT2D eigenvalue weighted by molar-refractivity contribution is -0.121. The predicted octanol–water partition coefficient (Wildman–Crippen LogP) is 1.35. The van der Waals surface area contributed by atoms with Gasteiger partial charge in [0.15, 0.2) is 0 Å². The number of hydrogen-bond donors (Lipinski definition) is 2. The molecule has 0 aliphatic heterocycles. The first-order chi connectivity index (χ1) is 9.52. The highest BCUT2D eigenvalue weighted by molar-refractivity contribution is 9.10. The van der Waals surface area contributed by atoms with Crippen LogP contribution in [0.3, 0.4) is 0 Å². The Balaban J connectivity index is 2.20. The molecule has 0 radical (unpaired) electrons. The first-order valence-corrected chi connectivity index (χ1v) is 7.56. The summed E-state index contributed by atoms with van der Waals surface area (Å²) in [6.45, 7) is 2.36. The van der Waals surface area contributed by atoms with Gasteiger partial charge >= 0.3 is 0 Å². The standard InChI is InChI=1S/C13H19BrN4O2/c1-8(12(19)15-2)17-11-10(14)6-16-18(13(11)20)7-9-4-3-5-9/h6,8-9,17H,3-5,7H2,1-2H3,(H,15,19). The zero-order chi connectivity index (χ0) is 14.7. The Kier molecular flexibility index (Phi) is 4.80. The Morgan fingerprint density at radius 1 is 1.60 bits per heavy atom. The Labute approximate surface area is 126 Å². The molecule has 1 aromatic heterocycles. The summed E-state index contributed by atoms with van der Waals surface area (Å²) in [7, 11) is 1.57. The third-order valence-electron chi connectivity index (χ3n) is 3.65. The van der Waals surface area contributed by atoms with Gasteiger partial charge in [-0.25, -0.2) is 4.68 Å². The van der Waals surface area contributed by atoms with E-state index in [1.807, 2.05) is 0 Å². The average Bonchev–Trinajstić information content (AvgIpc) is 2.39. The van der Waals surface area contributed by atoms with Crippen molar-refractivity contribution >= 4 is 27.5 Å². The fraction of sp³-hybridized carbons (Fsp3) is 0.615. The minimum absolute atomic E-state index is 0.168. The maximum Gasteiger partial charge on any atom is 0.291 e. The van der Waals surface area contributed by atoms with Crippen molar-refractivity contribution in [1.29, 1.82) is 0 Å². The maximum absolute atomic E-state index is 12.4. The molecule has 6 nitrogen and oxygen atoms in total. The Morgan fingerprint density at radius 3 is 2.85 bits per heavy atom. The van der Waals surface area contributed by atoms with Crippen LogP contribution in [0.2, 0.25) is 0 Å². The summed E-state index contributed by atoms with van der Waals surface area (Å²) in [5.41, 5.74) is 0.192. The summed E-state index contributed by atoms with van der Waals surface area (Å²) < 4.78 is 2.05. The molecule has 0 spiro atoms. The van der Waals surface area contributed by atoms with Crippen LogP contribution in [0, 0.1) is 5.92 Å². The van der Waals surface area contributed by atoms with Crippen molar-refractivity contribution in [3.63, 3.8) is 0 Å². The lowest BCUT2D eigenvalue weighted by Crippen LogP contribution is -2.38. The molecule has 1 aliphatic rings. The summed E-state index contributed by atoms with van der Waals surface area (Å²) in [5.74, 6) is 0.379. The van der Waals surface area contributed by atoms with Crippen LogP contribution in [0.1, 0.15) is 26.2 Å². The topological polar surface area (TPSA) is 76.0 Å². The number of halogens is 1. The fourth-order valence-corrected chi connectivity index (χ4v) is 2.52. The summed E-state index contributed by atoms with van der Waals surface area (Å²) in [6, 6.07) is -0.483. The van der Waals surface area contributed by atoms with Gasteiger partial charge in [-0.05, 0) is 41.6 Å². The van der Waals surface area contributed by atoms with Gasteiger partial charge in [-0.1, -0.05) is 6.42 Å². The van der Waals surface area contributed by atoms with Gasteiger partial charge in [0.05, 0.1) is 10.7 Å². The molecule has 2 N–H and O–H groups in total. The van der Waals surface area contributed by atoms with Crippen LogP contribution < -0.4 is 16.2 Å². The monoisotopic (exact) mass is 342 g/mol. The maximum atomic E-state index is 12.4. The largest absolute Gasteiger partial charge is 0.368 e. The quantitative estimate of drug-likeness (QED) is 0.846. The van der Waals surface area contributed by atoms with Crippen LogP contribution in [0.4, 0.5) is 5.69 Å². The second-order valence-electron chi connectivity index (χ2n) is 5.13. The van der Waals surface area contributed by atoms with E-state index in [4.69, 9.17) is 0 Å². The van der Waals surface area contributed by atoms with Gasteiger partial charge in [0.25, 0.3) is 5.56 Å². The molecule has 1 heterocycles. The van der Waals surface area contributed by atoms with E-state index in [-0.39, 0.29) is 11.5 Å². The molecule has 1 atom stereocenters. The lowest BCUT2D eigenvalue weighted by atomic mass is 9.85. The number of carbonyl (C=O) groups excluding carboxylic acids is 1. The number of aromatic nitrogens is 2. The number of likely N-dealkylation sites (N-methyl/N-ethyl adjacent to an activating group) is 1. The fourth-order valence-electron chi connectivity index (χ4n) is 2.15. The van der Waals surface area contributed by atoms with E-state index in [0.717, 1.165) is 12.8 Å². The van der Waals surface area contributed by atoms with E-state index in [1.165, 1.54) is 11.1 Å². The van der Waals surface area contributed by atoms with E-state index < -0.39 is 6.04 Å². The van der Waals surface area contributed by atoms with Crippen molar-refractivity contribution in [2.45, 2.75) is 38.8 Å². The van der Waals surface area contributed by atoms with Gasteiger partial charge in [-0.2, -0.15) is 5.10 Å². The molecule has 0 saturated heterocycles. The zero-order valence-electron chi connectivity index (χ0n) is 11.6. The first-order valence-electron chi connectivity index (χ1n) is 6.76. The van der Waals surface area contributed by atoms with Crippen LogP contribution in [0.15, 0.2) is 15.5 Å². The molecule has 1 unspecified atom stereocenters. The number of carbonyl (C=O) groups is 1. The highest BCUT2D eigenvalue weighted by atomic mass is 79.9. The summed E-state index contributed by atoms with van der Waals surface area (Å²) in [5, 5.41) is 9.64. The highest BCUT2D eigenvalue weighted by Gasteiger charge is 2.21. The number of nitrogens with one attached hydrogen (secondary N) is 2. The molecule has 20 heavy (non-hydrogen) atoms. The van der Waals surface area contributed by atoms with Gasteiger partial charge in [-0.15, -0.1) is 0 Å². The van der Waals surface area contributed by atoms with Crippen molar-refractivity contribution in [2.75, 3.05) is 12.4 Å². The van der Waals surface area contributed by atoms with Crippen molar-refractivity contribution in [3.05, 3.63) is 21.0 Å². The van der Waals surface area contributed by atoms with Crippen LogP contribution in [-0.4, -0.2) is 28.8 Å². The predicted molar refractivity (Wildman–Crippen MR) is 80.7 cm³/mol. The van der Waals surface area contributed by atoms with Crippen LogP contribution in [0.25, 0.3) is 0 Å². The molecule has 1 saturated carbocycles. The van der Waals surface area contributed by atoms with E-state index in [1.54, 1.807) is 20.2 Å². The van der Waals surface area contributed by atoms with Crippen LogP contribution in [-0.2, 0) is 11.3 Å². The smallest absolute Gasteiger partial charge is 0.291 e. The second-order valence-corrected chi connectivity index (χ2v) is 5.99. The third-order valence-corrected chi connectivity index (χ3v) is 4.26. The molecule has 1 amide bonds. The lowest BCUT2D eigenvalue weighted by Gasteiger charge is -2.25. The molecule has 2 rings (SSSR count). The average molecular weight is 343 g/mol. The second kappa shape index (κ2) is 6.39. The third kappa shape index (κ3) is 3.20. The van der Waals surface area contributed by atoms with E-state index in [0.29, 0.717) is 22.6 Å². The SMILES string of the molecule is CNC(=O)C(C)Nc1c(Br)cnn(CC2CCC2)c1=O. The number of amides is 1. The molecule has 110 valence electrons. The number of hydrogen-bond acceptors (Lipinski definition) is 4. The minimum atomic E-state index is -0.483. The molecule has 1 aromatic rings. The van der Waals surface area contributed by atoms with Gasteiger partial charge < -0.3 is 10.6 Å². The van der Waals surface area contributed by atoms with Crippen LogP contribution in [0.5, 0.6) is 0 Å². The number of nitrogens with zero attached hydrogens (tertiary/aromatic N) is 2. The number of rotatable bonds is 5. The summed E-state index contributed by atoms with van der Waals surface area (Å²) in [6.07, 6.45) is 5.14. The highest BCUT2D eigenvalue weighted by Crippen LogP contribution is 2.27. The molecule has 7 heteroatoms. The van der Waals surface area contributed by atoms with E-state index in [9.17, 15) is 9.59 Å². The summed E-state index contributed by atoms with van der Waals surface area (Å²) in [4.78, 5) is 23.9. The van der Waals surface area contributed by atoms with Gasteiger partial charge in [-0.3, -0.25) is 9.59 Å². The van der Waals surface area contributed by atoms with Crippen LogP contribution >= 0.6 is 15.9 Å². The Bertz CT molecular complexity index is 554.